The fraction of sp³-hybridized carbons (Fsp3) is 0.231. The summed E-state index contributed by atoms with van der Waals surface area (Å²) in [4.78, 5) is 1.29. The Hall–Kier alpha value is -0.740. The van der Waals surface area contributed by atoms with Crippen LogP contribution < -0.4 is 10.1 Å². The van der Waals surface area contributed by atoms with Gasteiger partial charge in [0.2, 0.25) is 0 Å². The first-order valence-corrected chi connectivity index (χ1v) is 7.09. The summed E-state index contributed by atoms with van der Waals surface area (Å²) >= 11 is 13.8. The Bertz CT molecular complexity index is 514. The van der Waals surface area contributed by atoms with Crippen LogP contribution in [0.2, 0.25) is 10.0 Å². The first-order chi connectivity index (χ1) is 8.70. The highest BCUT2D eigenvalue weighted by molar-refractivity contribution is 7.09. The number of hydrogen-bond donors (Lipinski definition) is 1. The Morgan fingerprint density at radius 3 is 2.78 bits per heavy atom. The van der Waals surface area contributed by atoms with E-state index in [2.05, 4.69) is 16.8 Å². The monoisotopic (exact) mass is 301 g/mol. The molecule has 2 nitrogen and oxygen atoms in total. The molecule has 0 radical (unpaired) electrons. The van der Waals surface area contributed by atoms with Crippen LogP contribution in [0, 0.1) is 0 Å². The SMILES string of the molecule is COc1c(Cl)cc(Cl)cc1CNCc1cccs1. The summed E-state index contributed by atoms with van der Waals surface area (Å²) < 4.78 is 5.29. The molecule has 0 aliphatic carbocycles. The first-order valence-electron chi connectivity index (χ1n) is 5.45. The Morgan fingerprint density at radius 2 is 2.11 bits per heavy atom. The van der Waals surface area contributed by atoms with Crippen molar-refractivity contribution in [1.29, 1.82) is 0 Å². The van der Waals surface area contributed by atoms with E-state index in [-0.39, 0.29) is 0 Å². The van der Waals surface area contributed by atoms with Crippen LogP contribution in [0.15, 0.2) is 29.6 Å². The summed E-state index contributed by atoms with van der Waals surface area (Å²) in [6, 6.07) is 7.69. The molecule has 0 saturated carbocycles. The highest BCUT2D eigenvalue weighted by Gasteiger charge is 2.09. The predicted octanol–water partition coefficient (Wildman–Crippen LogP) is 4.35. The molecule has 18 heavy (non-hydrogen) atoms. The number of nitrogens with one attached hydrogen (secondary N) is 1. The van der Waals surface area contributed by atoms with Crippen molar-refractivity contribution in [2.45, 2.75) is 13.1 Å². The van der Waals surface area contributed by atoms with Gasteiger partial charge in [0, 0.05) is 28.6 Å². The van der Waals surface area contributed by atoms with Crippen molar-refractivity contribution in [3.8, 4) is 5.75 Å². The van der Waals surface area contributed by atoms with E-state index in [0.717, 1.165) is 12.1 Å². The third-order valence-corrected chi connectivity index (χ3v) is 3.86. The largest absolute Gasteiger partial charge is 0.495 e. The van der Waals surface area contributed by atoms with E-state index >= 15 is 0 Å². The van der Waals surface area contributed by atoms with Gasteiger partial charge in [0.15, 0.2) is 0 Å². The van der Waals surface area contributed by atoms with Crippen LogP contribution in [-0.2, 0) is 13.1 Å². The van der Waals surface area contributed by atoms with Crippen molar-refractivity contribution < 1.29 is 4.74 Å². The minimum atomic E-state index is 0.540. The normalized spacial score (nSPS) is 10.6. The molecule has 2 rings (SSSR count). The predicted molar refractivity (Wildman–Crippen MR) is 77.9 cm³/mol. The molecule has 2 aromatic rings. The molecule has 96 valence electrons. The number of methoxy groups -OCH3 is 1. The van der Waals surface area contributed by atoms with Crippen molar-refractivity contribution in [2.75, 3.05) is 7.11 Å². The maximum absolute atomic E-state index is 6.08. The van der Waals surface area contributed by atoms with Gasteiger partial charge in [0.1, 0.15) is 5.75 Å². The number of thiophene rings is 1. The minimum absolute atomic E-state index is 0.540. The Kier molecular flexibility index (Phi) is 4.89. The van der Waals surface area contributed by atoms with E-state index in [9.17, 15) is 0 Å². The summed E-state index contributed by atoms with van der Waals surface area (Å²) in [6.45, 7) is 1.49. The van der Waals surface area contributed by atoms with Crippen molar-refractivity contribution in [3.05, 3.63) is 50.1 Å². The number of ether oxygens (including phenoxy) is 1. The molecule has 0 bridgehead atoms. The van der Waals surface area contributed by atoms with Gasteiger partial charge in [-0.25, -0.2) is 0 Å². The van der Waals surface area contributed by atoms with Gasteiger partial charge in [-0.05, 0) is 23.6 Å². The third kappa shape index (κ3) is 3.39. The second-order valence-electron chi connectivity index (χ2n) is 3.76. The fourth-order valence-electron chi connectivity index (χ4n) is 1.71. The minimum Gasteiger partial charge on any atom is -0.495 e. The number of rotatable bonds is 5. The number of halogens is 2. The van der Waals surface area contributed by atoms with E-state index in [0.29, 0.717) is 22.3 Å². The summed E-state index contributed by atoms with van der Waals surface area (Å²) in [7, 11) is 1.61. The van der Waals surface area contributed by atoms with Crippen LogP contribution in [0.3, 0.4) is 0 Å². The average molecular weight is 302 g/mol. The molecule has 0 fully saturated rings. The summed E-state index contributed by atoms with van der Waals surface area (Å²) in [5.41, 5.74) is 0.964. The lowest BCUT2D eigenvalue weighted by atomic mass is 10.2. The second kappa shape index (κ2) is 6.43. The molecular formula is C13H13Cl2NOS. The van der Waals surface area contributed by atoms with Crippen molar-refractivity contribution in [3.63, 3.8) is 0 Å². The van der Waals surface area contributed by atoms with Gasteiger partial charge in [0.05, 0.1) is 12.1 Å². The van der Waals surface area contributed by atoms with Gasteiger partial charge in [-0.3, -0.25) is 0 Å². The summed E-state index contributed by atoms with van der Waals surface area (Å²) in [5.74, 6) is 0.680. The zero-order valence-corrected chi connectivity index (χ0v) is 12.2. The van der Waals surface area contributed by atoms with Gasteiger partial charge in [-0.1, -0.05) is 29.3 Å². The Labute approximate surface area is 120 Å². The topological polar surface area (TPSA) is 21.3 Å². The lowest BCUT2D eigenvalue weighted by Gasteiger charge is -2.11. The lowest BCUT2D eigenvalue weighted by molar-refractivity contribution is 0.408. The Balaban J connectivity index is 2.04. The first kappa shape index (κ1) is 13.7. The zero-order chi connectivity index (χ0) is 13.0. The highest BCUT2D eigenvalue weighted by Crippen LogP contribution is 2.32. The van der Waals surface area contributed by atoms with Crippen LogP contribution in [0.25, 0.3) is 0 Å². The molecule has 1 aromatic carbocycles. The molecule has 0 spiro atoms. The quantitative estimate of drug-likeness (QED) is 0.886. The maximum Gasteiger partial charge on any atom is 0.142 e. The highest BCUT2D eigenvalue weighted by atomic mass is 35.5. The molecule has 0 atom stereocenters. The molecule has 1 heterocycles. The van der Waals surface area contributed by atoms with Crippen molar-refractivity contribution in [2.24, 2.45) is 0 Å². The molecule has 1 N–H and O–H groups in total. The van der Waals surface area contributed by atoms with Crippen LogP contribution in [-0.4, -0.2) is 7.11 Å². The van der Waals surface area contributed by atoms with Crippen LogP contribution in [0.5, 0.6) is 5.75 Å². The molecule has 0 saturated heterocycles. The molecule has 0 aliphatic rings. The number of hydrogen-bond acceptors (Lipinski definition) is 3. The van der Waals surface area contributed by atoms with Gasteiger partial charge >= 0.3 is 0 Å². The summed E-state index contributed by atoms with van der Waals surface area (Å²) in [5, 5.41) is 6.57. The molecule has 0 amide bonds. The lowest BCUT2D eigenvalue weighted by Crippen LogP contribution is -2.12. The van der Waals surface area contributed by atoms with Gasteiger partial charge in [-0.15, -0.1) is 11.3 Å². The molecule has 0 aliphatic heterocycles. The van der Waals surface area contributed by atoms with Gasteiger partial charge in [0.25, 0.3) is 0 Å². The van der Waals surface area contributed by atoms with E-state index in [1.807, 2.05) is 12.1 Å². The zero-order valence-electron chi connectivity index (χ0n) is 9.87. The van der Waals surface area contributed by atoms with Crippen molar-refractivity contribution in [1.82, 2.24) is 5.32 Å². The van der Waals surface area contributed by atoms with E-state index in [4.69, 9.17) is 27.9 Å². The standard InChI is InChI=1S/C13H13Cl2NOS/c1-17-13-9(5-10(14)6-12(13)15)7-16-8-11-3-2-4-18-11/h2-6,16H,7-8H2,1H3. The third-order valence-electron chi connectivity index (χ3n) is 2.48. The molecular weight excluding hydrogens is 289 g/mol. The molecule has 0 unspecified atom stereocenters. The van der Waals surface area contributed by atoms with Crippen molar-refractivity contribution >= 4 is 34.5 Å². The van der Waals surface area contributed by atoms with E-state index < -0.39 is 0 Å². The fourth-order valence-corrected chi connectivity index (χ4v) is 2.99. The van der Waals surface area contributed by atoms with E-state index in [1.54, 1.807) is 24.5 Å². The number of benzene rings is 1. The van der Waals surface area contributed by atoms with Crippen LogP contribution >= 0.6 is 34.5 Å². The van der Waals surface area contributed by atoms with E-state index in [1.165, 1.54) is 4.88 Å². The van der Waals surface area contributed by atoms with Crippen LogP contribution in [0.1, 0.15) is 10.4 Å². The second-order valence-corrected chi connectivity index (χ2v) is 5.64. The van der Waals surface area contributed by atoms with Gasteiger partial charge in [-0.2, -0.15) is 0 Å². The molecule has 5 heteroatoms. The van der Waals surface area contributed by atoms with Gasteiger partial charge < -0.3 is 10.1 Å². The van der Waals surface area contributed by atoms with Crippen LogP contribution in [0.4, 0.5) is 0 Å². The molecule has 1 aromatic heterocycles. The summed E-state index contributed by atoms with van der Waals surface area (Å²) in [6.07, 6.45) is 0. The maximum atomic E-state index is 6.08. The average Bonchev–Trinajstić information content (AvgIpc) is 2.81. The Morgan fingerprint density at radius 1 is 1.28 bits per heavy atom. The smallest absolute Gasteiger partial charge is 0.142 e.